The van der Waals surface area contributed by atoms with Crippen molar-refractivity contribution in [3.8, 4) is 0 Å². The summed E-state index contributed by atoms with van der Waals surface area (Å²) in [5, 5.41) is 3.29. The number of rotatable bonds is 5. The minimum atomic E-state index is -0.428. The third-order valence-corrected chi connectivity index (χ3v) is 3.46. The molecule has 3 heteroatoms. The summed E-state index contributed by atoms with van der Waals surface area (Å²) >= 11 is 0. The van der Waals surface area contributed by atoms with Gasteiger partial charge >= 0.3 is 0 Å². The summed E-state index contributed by atoms with van der Waals surface area (Å²) in [6.45, 7) is 0. The predicted octanol–water partition coefficient (Wildman–Crippen LogP) is 3.54. The van der Waals surface area contributed by atoms with Crippen molar-refractivity contribution >= 4 is 11.6 Å². The van der Waals surface area contributed by atoms with Crippen LogP contribution in [0.4, 0.5) is 5.82 Å². The number of carbonyl (C=O) groups excluding carboxylic acids is 1. The van der Waals surface area contributed by atoms with E-state index >= 15 is 0 Å². The Kier molecular flexibility index (Phi) is 4.25. The molecule has 2 N–H and O–H groups in total. The predicted molar refractivity (Wildman–Crippen MR) is 86.6 cm³/mol. The first-order valence-corrected chi connectivity index (χ1v) is 7.22. The highest BCUT2D eigenvalue weighted by Gasteiger charge is 2.26. The van der Waals surface area contributed by atoms with Gasteiger partial charge in [-0.15, -0.1) is 0 Å². The molecule has 0 aliphatic carbocycles. The topological polar surface area (TPSA) is 43.2 Å². The summed E-state index contributed by atoms with van der Waals surface area (Å²) < 4.78 is 0. The third kappa shape index (κ3) is 3.20. The van der Waals surface area contributed by atoms with E-state index in [0.717, 1.165) is 11.4 Å². The molecule has 3 nitrogen and oxygen atoms in total. The molecular weight excluding hydrogens is 272 g/mol. The van der Waals surface area contributed by atoms with Gasteiger partial charge in [-0.3, -0.25) is 10.1 Å². The van der Waals surface area contributed by atoms with Gasteiger partial charge < -0.3 is 0 Å². The summed E-state index contributed by atoms with van der Waals surface area (Å²) in [4.78, 5) is 16.0. The second-order valence-electron chi connectivity index (χ2n) is 4.99. The number of aromatic amines is 1. The van der Waals surface area contributed by atoms with E-state index in [9.17, 15) is 4.79 Å². The van der Waals surface area contributed by atoms with Crippen LogP contribution in [0.5, 0.6) is 0 Å². The summed E-state index contributed by atoms with van der Waals surface area (Å²) in [7, 11) is 0. The molecule has 0 spiro atoms. The molecule has 0 aliphatic rings. The van der Waals surface area contributed by atoms with Gasteiger partial charge in [0.15, 0.2) is 6.04 Å². The van der Waals surface area contributed by atoms with Crippen molar-refractivity contribution in [3.05, 3.63) is 96.2 Å². The van der Waals surface area contributed by atoms with Crippen LogP contribution in [0.2, 0.25) is 0 Å². The van der Waals surface area contributed by atoms with Crippen molar-refractivity contribution in [2.75, 3.05) is 5.32 Å². The Morgan fingerprint density at radius 2 is 1.45 bits per heavy atom. The lowest BCUT2D eigenvalue weighted by atomic mass is 9.97. The maximum atomic E-state index is 12.9. The van der Waals surface area contributed by atoms with E-state index in [1.165, 1.54) is 0 Å². The van der Waals surface area contributed by atoms with Gasteiger partial charge in [-0.2, -0.15) is 0 Å². The van der Waals surface area contributed by atoms with Crippen LogP contribution in [-0.4, -0.2) is 5.78 Å². The zero-order valence-corrected chi connectivity index (χ0v) is 12.1. The summed E-state index contributed by atoms with van der Waals surface area (Å²) in [5.41, 5.74) is 1.63. The smallest absolute Gasteiger partial charge is 0.273 e. The quantitative estimate of drug-likeness (QED) is 0.730. The van der Waals surface area contributed by atoms with E-state index in [2.05, 4.69) is 10.3 Å². The lowest BCUT2D eigenvalue weighted by Crippen LogP contribution is -2.24. The normalized spacial score (nSPS) is 11.6. The number of anilines is 1. The average molecular weight is 289 g/mol. The third-order valence-electron chi connectivity index (χ3n) is 3.46. The van der Waals surface area contributed by atoms with E-state index in [1.807, 2.05) is 85.1 Å². The fourth-order valence-electron chi connectivity index (χ4n) is 2.35. The Morgan fingerprint density at radius 1 is 0.818 bits per heavy atom. The van der Waals surface area contributed by atoms with Crippen LogP contribution >= 0.6 is 0 Å². The maximum Gasteiger partial charge on any atom is 0.273 e. The van der Waals surface area contributed by atoms with Crippen molar-refractivity contribution in [2.45, 2.75) is 6.04 Å². The van der Waals surface area contributed by atoms with Gasteiger partial charge in [0.25, 0.3) is 5.82 Å². The summed E-state index contributed by atoms with van der Waals surface area (Å²) in [6.07, 6.45) is 1.83. The van der Waals surface area contributed by atoms with Gasteiger partial charge in [0.05, 0.1) is 6.20 Å². The fourth-order valence-corrected chi connectivity index (χ4v) is 2.35. The number of nitrogens with one attached hydrogen (secondary N) is 2. The minimum absolute atomic E-state index is 0.0454. The first kappa shape index (κ1) is 14.0. The van der Waals surface area contributed by atoms with Crippen LogP contribution in [0.3, 0.4) is 0 Å². The number of Topliss-reactive ketones (excluding diaryl/α,β-unsaturated/α-hetero) is 1. The number of carbonyl (C=O) groups is 1. The van der Waals surface area contributed by atoms with Gasteiger partial charge in [0.1, 0.15) is 0 Å². The van der Waals surface area contributed by atoms with E-state index in [0.29, 0.717) is 5.56 Å². The monoisotopic (exact) mass is 289 g/mol. The highest BCUT2D eigenvalue weighted by molar-refractivity contribution is 6.02. The molecule has 0 aliphatic heterocycles. The Labute approximate surface area is 129 Å². The lowest BCUT2D eigenvalue weighted by Gasteiger charge is -2.14. The number of H-pyrrole nitrogens is 1. The molecule has 0 saturated heterocycles. The summed E-state index contributed by atoms with van der Waals surface area (Å²) in [6, 6.07) is 24.4. The lowest BCUT2D eigenvalue weighted by molar-refractivity contribution is -0.361. The summed E-state index contributed by atoms with van der Waals surface area (Å²) in [5.74, 6) is 0.852. The SMILES string of the molecule is O=C(c1ccccc1)[C@@H](Nc1cccc[nH+]1)c1ccccc1. The first-order chi connectivity index (χ1) is 10.8. The van der Waals surface area contributed by atoms with Crippen LogP contribution in [-0.2, 0) is 0 Å². The van der Waals surface area contributed by atoms with E-state index in [1.54, 1.807) is 0 Å². The molecule has 2 aromatic carbocycles. The first-order valence-electron chi connectivity index (χ1n) is 7.22. The number of ketones is 1. The molecule has 1 aromatic heterocycles. The van der Waals surface area contributed by atoms with E-state index in [-0.39, 0.29) is 5.78 Å². The molecule has 108 valence electrons. The van der Waals surface area contributed by atoms with Crippen molar-refractivity contribution in [1.29, 1.82) is 0 Å². The van der Waals surface area contributed by atoms with Crippen molar-refractivity contribution in [1.82, 2.24) is 0 Å². The standard InChI is InChI=1S/C19H16N2O/c22-19(16-11-5-2-6-12-16)18(15-9-3-1-4-10-15)21-17-13-7-8-14-20-17/h1-14,18H,(H,20,21)/p+1/t18-/m0/s1. The number of benzene rings is 2. The van der Waals surface area contributed by atoms with Gasteiger partial charge in [0, 0.05) is 17.2 Å². The number of hydrogen-bond acceptors (Lipinski definition) is 2. The highest BCUT2D eigenvalue weighted by Crippen LogP contribution is 2.21. The Hall–Kier alpha value is -2.94. The molecule has 0 bridgehead atoms. The van der Waals surface area contributed by atoms with E-state index < -0.39 is 6.04 Å². The molecule has 22 heavy (non-hydrogen) atoms. The Morgan fingerprint density at radius 3 is 2.09 bits per heavy atom. The second-order valence-corrected chi connectivity index (χ2v) is 4.99. The molecule has 1 atom stereocenters. The fraction of sp³-hybridized carbons (Fsp3) is 0.0526. The zero-order chi connectivity index (χ0) is 15.2. The second kappa shape index (κ2) is 6.68. The molecular formula is C19H17N2O+. The van der Waals surface area contributed by atoms with Crippen molar-refractivity contribution in [3.63, 3.8) is 0 Å². The highest BCUT2D eigenvalue weighted by atomic mass is 16.1. The van der Waals surface area contributed by atoms with Crippen LogP contribution in [0.25, 0.3) is 0 Å². The molecule has 3 aromatic rings. The van der Waals surface area contributed by atoms with Gasteiger partial charge in [0.2, 0.25) is 5.78 Å². The maximum absolute atomic E-state index is 12.9. The van der Waals surface area contributed by atoms with Gasteiger partial charge in [-0.1, -0.05) is 66.7 Å². The van der Waals surface area contributed by atoms with Crippen LogP contribution in [0, 0.1) is 0 Å². The number of pyridine rings is 1. The molecule has 0 saturated carbocycles. The minimum Gasteiger partial charge on any atom is -0.289 e. The van der Waals surface area contributed by atoms with Crippen LogP contribution < -0.4 is 10.3 Å². The molecule has 0 unspecified atom stereocenters. The van der Waals surface area contributed by atoms with Crippen molar-refractivity contribution in [2.24, 2.45) is 0 Å². The molecule has 0 amide bonds. The van der Waals surface area contributed by atoms with Crippen LogP contribution in [0.1, 0.15) is 22.0 Å². The molecule has 0 radical (unpaired) electrons. The Bertz CT molecular complexity index is 727. The average Bonchev–Trinajstić information content (AvgIpc) is 2.61. The number of hydrogen-bond donors (Lipinski definition) is 1. The number of aromatic nitrogens is 1. The zero-order valence-electron chi connectivity index (χ0n) is 12.1. The Balaban J connectivity index is 1.95. The van der Waals surface area contributed by atoms with Gasteiger partial charge in [-0.25, -0.2) is 4.98 Å². The van der Waals surface area contributed by atoms with Gasteiger partial charge in [-0.05, 0) is 6.07 Å². The van der Waals surface area contributed by atoms with Crippen molar-refractivity contribution < 1.29 is 9.78 Å². The molecule has 0 fully saturated rings. The molecule has 3 rings (SSSR count). The van der Waals surface area contributed by atoms with E-state index in [4.69, 9.17) is 0 Å². The largest absolute Gasteiger partial charge is 0.289 e. The van der Waals surface area contributed by atoms with Crippen LogP contribution in [0.15, 0.2) is 85.1 Å². The molecule has 1 heterocycles.